The third-order valence-electron chi connectivity index (χ3n) is 5.54. The average molecular weight is 447 g/mol. The molecular weight excluding hydrogens is 415 g/mol. The summed E-state index contributed by atoms with van der Waals surface area (Å²) < 4.78 is 30.0. The molecule has 4 rings (SSSR count). The van der Waals surface area contributed by atoms with Gasteiger partial charge in [0.25, 0.3) is 0 Å². The summed E-state index contributed by atoms with van der Waals surface area (Å²) in [6.45, 7) is 5.93. The molecule has 0 unspecified atom stereocenters. The smallest absolute Gasteiger partial charge is 0.170 e. The SMILES string of the molecule is CCOc1ccc(O)cc1OCCCN1CCC(c2noc3cc(F)ccc23)CC1.CO. The molecule has 0 saturated carbocycles. The van der Waals surface area contributed by atoms with Crippen molar-refractivity contribution in [2.24, 2.45) is 0 Å². The number of benzene rings is 2. The Hall–Kier alpha value is -2.84. The molecule has 3 aromatic rings. The number of aliphatic hydroxyl groups excluding tert-OH is 1. The van der Waals surface area contributed by atoms with E-state index in [1.54, 1.807) is 24.3 Å². The first-order chi connectivity index (χ1) is 15.6. The van der Waals surface area contributed by atoms with Crippen molar-refractivity contribution in [1.82, 2.24) is 10.1 Å². The zero-order valence-electron chi connectivity index (χ0n) is 18.6. The van der Waals surface area contributed by atoms with Crippen LogP contribution >= 0.6 is 0 Å². The van der Waals surface area contributed by atoms with E-state index in [2.05, 4.69) is 10.1 Å². The summed E-state index contributed by atoms with van der Waals surface area (Å²) in [4.78, 5) is 2.42. The van der Waals surface area contributed by atoms with Gasteiger partial charge in [-0.3, -0.25) is 0 Å². The van der Waals surface area contributed by atoms with E-state index in [4.69, 9.17) is 19.1 Å². The van der Waals surface area contributed by atoms with Crippen LogP contribution < -0.4 is 9.47 Å². The normalized spacial score (nSPS) is 14.8. The molecule has 2 N–H and O–H groups in total. The molecule has 1 aliphatic rings. The van der Waals surface area contributed by atoms with Crippen molar-refractivity contribution in [2.45, 2.75) is 32.1 Å². The highest BCUT2D eigenvalue weighted by Crippen LogP contribution is 2.33. The number of phenolic OH excluding ortho intramolecular Hbond substituents is 1. The second-order valence-electron chi connectivity index (χ2n) is 7.59. The molecule has 2 aromatic carbocycles. The van der Waals surface area contributed by atoms with Crippen LogP contribution in [0.2, 0.25) is 0 Å². The van der Waals surface area contributed by atoms with Gasteiger partial charge in [0.1, 0.15) is 11.6 Å². The fourth-order valence-corrected chi connectivity index (χ4v) is 4.01. The van der Waals surface area contributed by atoms with E-state index in [9.17, 15) is 9.50 Å². The Bertz CT molecular complexity index is 986. The molecule has 32 heavy (non-hydrogen) atoms. The topological polar surface area (TPSA) is 88.2 Å². The zero-order chi connectivity index (χ0) is 22.9. The standard InChI is InChI=1S/C23H27FN2O4.CH4O/c1-2-28-20-7-5-18(27)15-22(20)29-13-3-10-26-11-8-16(9-12-26)23-19-6-4-17(24)14-21(19)30-25-23;1-2/h4-7,14-16,27H,2-3,8-13H2,1H3;2H,1H3. The first-order valence-electron chi connectivity index (χ1n) is 10.9. The van der Waals surface area contributed by atoms with Crippen molar-refractivity contribution >= 4 is 11.0 Å². The number of fused-ring (bicyclic) bond motifs is 1. The summed E-state index contributed by atoms with van der Waals surface area (Å²) in [5.41, 5.74) is 1.46. The van der Waals surface area contributed by atoms with Crippen LogP contribution in [0.15, 0.2) is 40.9 Å². The van der Waals surface area contributed by atoms with E-state index in [1.165, 1.54) is 12.1 Å². The third kappa shape index (κ3) is 5.89. The van der Waals surface area contributed by atoms with Crippen molar-refractivity contribution in [3.05, 3.63) is 47.9 Å². The first kappa shape index (κ1) is 23.8. The van der Waals surface area contributed by atoms with Gasteiger partial charge in [-0.15, -0.1) is 0 Å². The molecule has 0 amide bonds. The van der Waals surface area contributed by atoms with Crippen molar-refractivity contribution in [1.29, 1.82) is 0 Å². The molecule has 0 radical (unpaired) electrons. The number of halogens is 1. The molecule has 7 nitrogen and oxygen atoms in total. The van der Waals surface area contributed by atoms with Crippen molar-refractivity contribution in [3.8, 4) is 17.2 Å². The second-order valence-corrected chi connectivity index (χ2v) is 7.59. The van der Waals surface area contributed by atoms with E-state index in [0.717, 1.165) is 57.1 Å². The molecule has 0 bridgehead atoms. The Morgan fingerprint density at radius 2 is 1.88 bits per heavy atom. The number of hydrogen-bond acceptors (Lipinski definition) is 7. The lowest BCUT2D eigenvalue weighted by atomic mass is 9.91. The fraction of sp³-hybridized carbons (Fsp3) is 0.458. The number of phenols is 1. The zero-order valence-corrected chi connectivity index (χ0v) is 18.6. The maximum atomic E-state index is 13.4. The van der Waals surface area contributed by atoms with Gasteiger partial charge in [-0.25, -0.2) is 4.39 Å². The highest BCUT2D eigenvalue weighted by atomic mass is 19.1. The average Bonchev–Trinajstić information content (AvgIpc) is 3.23. The summed E-state index contributed by atoms with van der Waals surface area (Å²) in [6, 6.07) is 9.52. The maximum Gasteiger partial charge on any atom is 0.170 e. The Morgan fingerprint density at radius 3 is 2.62 bits per heavy atom. The molecule has 1 fully saturated rings. The van der Waals surface area contributed by atoms with Crippen molar-refractivity contribution < 1.29 is 28.6 Å². The molecule has 0 aliphatic carbocycles. The molecule has 0 atom stereocenters. The van der Waals surface area contributed by atoms with Crippen LogP contribution in [0.4, 0.5) is 4.39 Å². The van der Waals surface area contributed by atoms with Gasteiger partial charge in [0.15, 0.2) is 17.1 Å². The van der Waals surface area contributed by atoms with Gasteiger partial charge in [0.05, 0.1) is 18.9 Å². The molecule has 1 aromatic heterocycles. The number of rotatable bonds is 8. The lowest BCUT2D eigenvalue weighted by Gasteiger charge is -2.31. The van der Waals surface area contributed by atoms with Gasteiger partial charge in [-0.1, -0.05) is 5.16 Å². The molecule has 1 aliphatic heterocycles. The van der Waals surface area contributed by atoms with Crippen molar-refractivity contribution in [3.63, 3.8) is 0 Å². The highest BCUT2D eigenvalue weighted by molar-refractivity contribution is 5.79. The summed E-state index contributed by atoms with van der Waals surface area (Å²) in [5, 5.41) is 21.8. The van der Waals surface area contributed by atoms with Crippen LogP contribution in [0.3, 0.4) is 0 Å². The Morgan fingerprint density at radius 1 is 1.09 bits per heavy atom. The first-order valence-corrected chi connectivity index (χ1v) is 10.9. The Labute approximate surface area is 187 Å². The summed E-state index contributed by atoms with van der Waals surface area (Å²) >= 11 is 0. The van der Waals surface area contributed by atoms with Crippen LogP contribution in [0.25, 0.3) is 11.0 Å². The lowest BCUT2D eigenvalue weighted by molar-refractivity contribution is 0.188. The molecule has 0 spiro atoms. The maximum absolute atomic E-state index is 13.4. The van der Waals surface area contributed by atoms with Gasteiger partial charge in [-0.05, 0) is 63.5 Å². The Balaban J connectivity index is 0.00000141. The lowest BCUT2D eigenvalue weighted by Crippen LogP contribution is -2.34. The summed E-state index contributed by atoms with van der Waals surface area (Å²) in [5.74, 6) is 1.42. The predicted octanol–water partition coefficient (Wildman–Crippen LogP) is 4.33. The molecule has 1 saturated heterocycles. The van der Waals surface area contributed by atoms with Crippen LogP contribution in [0.5, 0.6) is 17.2 Å². The minimum absolute atomic E-state index is 0.165. The van der Waals surface area contributed by atoms with Gasteiger partial charge >= 0.3 is 0 Å². The van der Waals surface area contributed by atoms with E-state index < -0.39 is 0 Å². The number of aromatic nitrogens is 1. The van der Waals surface area contributed by atoms with E-state index in [0.29, 0.717) is 36.2 Å². The van der Waals surface area contributed by atoms with Crippen LogP contribution in [-0.2, 0) is 0 Å². The summed E-state index contributed by atoms with van der Waals surface area (Å²) in [7, 11) is 1.00. The molecule has 2 heterocycles. The second kappa shape index (κ2) is 11.7. The minimum atomic E-state index is -0.304. The fourth-order valence-electron chi connectivity index (χ4n) is 4.01. The number of hydrogen-bond donors (Lipinski definition) is 2. The minimum Gasteiger partial charge on any atom is -0.508 e. The van der Waals surface area contributed by atoms with Crippen LogP contribution in [-0.4, -0.2) is 60.2 Å². The number of piperidine rings is 1. The van der Waals surface area contributed by atoms with E-state index >= 15 is 0 Å². The largest absolute Gasteiger partial charge is 0.508 e. The van der Waals surface area contributed by atoms with Gasteiger partial charge in [-0.2, -0.15) is 0 Å². The molecule has 174 valence electrons. The number of nitrogens with zero attached hydrogens (tertiary/aromatic N) is 2. The van der Waals surface area contributed by atoms with E-state index in [1.807, 2.05) is 6.92 Å². The number of aliphatic hydroxyl groups is 1. The molecular formula is C24H31FN2O5. The van der Waals surface area contributed by atoms with E-state index in [-0.39, 0.29) is 11.6 Å². The monoisotopic (exact) mass is 446 g/mol. The van der Waals surface area contributed by atoms with Gasteiger partial charge in [0.2, 0.25) is 0 Å². The number of aromatic hydroxyl groups is 1. The highest BCUT2D eigenvalue weighted by Gasteiger charge is 2.25. The van der Waals surface area contributed by atoms with Gasteiger partial charge in [0, 0.05) is 37.1 Å². The van der Waals surface area contributed by atoms with Crippen molar-refractivity contribution in [2.75, 3.05) is 40.0 Å². The predicted molar refractivity (Wildman–Crippen MR) is 120 cm³/mol. The molecule has 8 heteroatoms. The number of ether oxygens (including phenoxy) is 2. The third-order valence-corrected chi connectivity index (χ3v) is 5.54. The van der Waals surface area contributed by atoms with Gasteiger partial charge < -0.3 is 29.1 Å². The number of likely N-dealkylation sites (tertiary alicyclic amines) is 1. The Kier molecular flexibility index (Phi) is 8.70. The van der Waals surface area contributed by atoms with Crippen LogP contribution in [0.1, 0.15) is 37.8 Å². The van der Waals surface area contributed by atoms with Crippen LogP contribution in [0, 0.1) is 5.82 Å². The summed E-state index contributed by atoms with van der Waals surface area (Å²) in [6.07, 6.45) is 2.89. The quantitative estimate of drug-likeness (QED) is 0.498.